The predicted molar refractivity (Wildman–Crippen MR) is 83.5 cm³/mol. The molecule has 2 fully saturated rings. The van der Waals surface area contributed by atoms with E-state index in [9.17, 15) is 0 Å². The molecule has 1 heterocycles. The summed E-state index contributed by atoms with van der Waals surface area (Å²) in [4.78, 5) is 5.45. The third kappa shape index (κ3) is 3.72. The molecule has 2 aliphatic rings. The van der Waals surface area contributed by atoms with Gasteiger partial charge in [-0.25, -0.2) is 0 Å². The van der Waals surface area contributed by atoms with Gasteiger partial charge in [-0.1, -0.05) is 13.8 Å². The lowest BCUT2D eigenvalue weighted by molar-refractivity contribution is 0.0202. The fraction of sp³-hybridized carbons (Fsp3) is 1.00. The van der Waals surface area contributed by atoms with Gasteiger partial charge in [-0.2, -0.15) is 0 Å². The summed E-state index contributed by atoms with van der Waals surface area (Å²) in [6.07, 6.45) is 5.80. The van der Waals surface area contributed by atoms with Crippen molar-refractivity contribution in [2.24, 2.45) is 11.8 Å². The van der Waals surface area contributed by atoms with Gasteiger partial charge in [0.1, 0.15) is 0 Å². The van der Waals surface area contributed by atoms with Crippen molar-refractivity contribution in [2.45, 2.75) is 78.4 Å². The Morgan fingerprint density at radius 1 is 0.895 bits per heavy atom. The van der Waals surface area contributed by atoms with E-state index in [1.54, 1.807) is 0 Å². The van der Waals surface area contributed by atoms with Gasteiger partial charge in [-0.05, 0) is 58.3 Å². The van der Waals surface area contributed by atoms with Crippen LogP contribution < -0.4 is 0 Å². The van der Waals surface area contributed by atoms with E-state index in [1.165, 1.54) is 45.3 Å². The second-order valence-electron chi connectivity index (χ2n) is 7.49. The lowest BCUT2D eigenvalue weighted by Crippen LogP contribution is -2.57. The van der Waals surface area contributed by atoms with Crippen LogP contribution in [0.1, 0.15) is 60.3 Å². The fourth-order valence-corrected chi connectivity index (χ4v) is 4.23. The Labute approximate surface area is 120 Å². The number of hydrogen-bond donors (Lipinski definition) is 0. The summed E-state index contributed by atoms with van der Waals surface area (Å²) in [5.41, 5.74) is 0. The van der Waals surface area contributed by atoms with Crippen LogP contribution in [0.3, 0.4) is 0 Å². The van der Waals surface area contributed by atoms with E-state index >= 15 is 0 Å². The van der Waals surface area contributed by atoms with Gasteiger partial charge in [-0.3, -0.25) is 9.80 Å². The zero-order valence-corrected chi connectivity index (χ0v) is 13.7. The minimum absolute atomic E-state index is 0.703. The fourth-order valence-electron chi connectivity index (χ4n) is 4.23. The molecule has 1 atom stereocenters. The lowest BCUT2D eigenvalue weighted by Gasteiger charge is -2.46. The second-order valence-corrected chi connectivity index (χ2v) is 7.49. The Morgan fingerprint density at radius 2 is 1.53 bits per heavy atom. The Bertz CT molecular complexity index is 266. The van der Waals surface area contributed by atoms with Crippen molar-refractivity contribution in [1.82, 2.24) is 9.80 Å². The van der Waals surface area contributed by atoms with Gasteiger partial charge in [-0.15, -0.1) is 0 Å². The highest BCUT2D eigenvalue weighted by Gasteiger charge is 2.32. The maximum absolute atomic E-state index is 2.79. The number of hydrogen-bond acceptors (Lipinski definition) is 2. The van der Waals surface area contributed by atoms with E-state index in [4.69, 9.17) is 0 Å². The summed E-state index contributed by atoms with van der Waals surface area (Å²) >= 11 is 0. The summed E-state index contributed by atoms with van der Waals surface area (Å²) in [6, 6.07) is 2.32. The quantitative estimate of drug-likeness (QED) is 0.770. The molecule has 1 aliphatic heterocycles. The van der Waals surface area contributed by atoms with Crippen molar-refractivity contribution in [3.63, 3.8) is 0 Å². The van der Waals surface area contributed by atoms with Crippen molar-refractivity contribution in [2.75, 3.05) is 19.6 Å². The minimum Gasteiger partial charge on any atom is -0.298 e. The molecule has 112 valence electrons. The second kappa shape index (κ2) is 6.58. The summed E-state index contributed by atoms with van der Waals surface area (Å²) in [5, 5.41) is 0. The molecular formula is C17H34N2. The zero-order chi connectivity index (χ0) is 14.0. The third-order valence-electron chi connectivity index (χ3n) is 5.57. The molecule has 0 aromatic carbocycles. The van der Waals surface area contributed by atoms with Crippen LogP contribution >= 0.6 is 0 Å². The van der Waals surface area contributed by atoms with Gasteiger partial charge in [0, 0.05) is 37.8 Å². The molecule has 1 aliphatic carbocycles. The normalized spacial score (nSPS) is 35.2. The van der Waals surface area contributed by atoms with Gasteiger partial charge in [0.2, 0.25) is 0 Å². The Kier molecular flexibility index (Phi) is 5.30. The smallest absolute Gasteiger partial charge is 0.0198 e. The first-order valence-corrected chi connectivity index (χ1v) is 8.48. The summed E-state index contributed by atoms with van der Waals surface area (Å²) in [5.74, 6) is 1.88. The minimum atomic E-state index is 0.703. The van der Waals surface area contributed by atoms with Gasteiger partial charge in [0.15, 0.2) is 0 Å². The topological polar surface area (TPSA) is 6.48 Å². The Hall–Kier alpha value is -0.0800. The third-order valence-corrected chi connectivity index (χ3v) is 5.57. The van der Waals surface area contributed by atoms with Gasteiger partial charge in [0.05, 0.1) is 0 Å². The van der Waals surface area contributed by atoms with Crippen LogP contribution in [0.4, 0.5) is 0 Å². The molecule has 0 bridgehead atoms. The highest BCUT2D eigenvalue weighted by molar-refractivity contribution is 4.87. The van der Waals surface area contributed by atoms with Gasteiger partial charge < -0.3 is 0 Å². The molecule has 0 spiro atoms. The van der Waals surface area contributed by atoms with Gasteiger partial charge >= 0.3 is 0 Å². The highest BCUT2D eigenvalue weighted by atomic mass is 15.3. The molecule has 19 heavy (non-hydrogen) atoms. The van der Waals surface area contributed by atoms with E-state index in [1.807, 2.05) is 0 Å². The molecule has 2 heteroatoms. The average Bonchev–Trinajstić information content (AvgIpc) is 2.38. The van der Waals surface area contributed by atoms with Crippen LogP contribution in [0, 0.1) is 11.8 Å². The van der Waals surface area contributed by atoms with Crippen LogP contribution in [-0.4, -0.2) is 47.6 Å². The maximum atomic E-state index is 2.79. The monoisotopic (exact) mass is 266 g/mol. The molecule has 1 saturated carbocycles. The van der Waals surface area contributed by atoms with E-state index < -0.39 is 0 Å². The standard InChI is InChI=1S/C17H34N2/c1-13(2)16-6-8-17(9-7-16)18-10-11-19(14(3)4)15(5)12-18/h13-17H,6-12H2,1-5H3/t15-,16?,17?/m1/s1. The largest absolute Gasteiger partial charge is 0.298 e. The Morgan fingerprint density at radius 3 is 2.00 bits per heavy atom. The van der Waals surface area contributed by atoms with Crippen molar-refractivity contribution in [3.05, 3.63) is 0 Å². The van der Waals surface area contributed by atoms with Crippen LogP contribution in [0.15, 0.2) is 0 Å². The molecule has 0 aromatic heterocycles. The Balaban J connectivity index is 1.82. The SMILES string of the molecule is CC(C)C1CCC(N2CCN(C(C)C)[C@H](C)C2)CC1. The van der Waals surface area contributed by atoms with Crippen molar-refractivity contribution < 1.29 is 0 Å². The first-order chi connectivity index (χ1) is 8.99. The molecule has 1 saturated heterocycles. The van der Waals surface area contributed by atoms with Gasteiger partial charge in [0.25, 0.3) is 0 Å². The van der Waals surface area contributed by atoms with E-state index in [0.29, 0.717) is 6.04 Å². The highest BCUT2D eigenvalue weighted by Crippen LogP contribution is 2.33. The van der Waals surface area contributed by atoms with Crippen molar-refractivity contribution in [1.29, 1.82) is 0 Å². The number of nitrogens with zero attached hydrogens (tertiary/aromatic N) is 2. The maximum Gasteiger partial charge on any atom is 0.0198 e. The first-order valence-electron chi connectivity index (χ1n) is 8.48. The average molecular weight is 266 g/mol. The summed E-state index contributed by atoms with van der Waals surface area (Å²) in [6.45, 7) is 15.7. The lowest BCUT2D eigenvalue weighted by atomic mass is 9.79. The van der Waals surface area contributed by atoms with Crippen molar-refractivity contribution in [3.8, 4) is 0 Å². The van der Waals surface area contributed by atoms with E-state index in [0.717, 1.165) is 23.9 Å². The number of rotatable bonds is 3. The van der Waals surface area contributed by atoms with Crippen LogP contribution in [0.2, 0.25) is 0 Å². The van der Waals surface area contributed by atoms with Crippen LogP contribution in [0.25, 0.3) is 0 Å². The molecule has 0 radical (unpaired) electrons. The molecule has 0 aromatic rings. The molecule has 2 rings (SSSR count). The predicted octanol–water partition coefficient (Wildman–Crippen LogP) is 3.62. The number of piperazine rings is 1. The van der Waals surface area contributed by atoms with Crippen molar-refractivity contribution >= 4 is 0 Å². The summed E-state index contributed by atoms with van der Waals surface area (Å²) in [7, 11) is 0. The summed E-state index contributed by atoms with van der Waals surface area (Å²) < 4.78 is 0. The molecule has 2 nitrogen and oxygen atoms in total. The zero-order valence-electron chi connectivity index (χ0n) is 13.7. The van der Waals surface area contributed by atoms with E-state index in [2.05, 4.69) is 44.4 Å². The molecule has 0 unspecified atom stereocenters. The van der Waals surface area contributed by atoms with E-state index in [-0.39, 0.29) is 0 Å². The molecular weight excluding hydrogens is 232 g/mol. The molecule has 0 N–H and O–H groups in total. The van der Waals surface area contributed by atoms with Crippen LogP contribution in [0.5, 0.6) is 0 Å². The van der Waals surface area contributed by atoms with Crippen LogP contribution in [-0.2, 0) is 0 Å². The first kappa shape index (κ1) is 15.3. The molecule has 0 amide bonds.